The molecule has 0 amide bonds. The van der Waals surface area contributed by atoms with E-state index in [0.717, 1.165) is 12.8 Å². The summed E-state index contributed by atoms with van der Waals surface area (Å²) < 4.78 is 0. The summed E-state index contributed by atoms with van der Waals surface area (Å²) >= 11 is 11.8. The Morgan fingerprint density at radius 2 is 2.13 bits per heavy atom. The molecule has 1 aromatic rings. The molecule has 1 unspecified atom stereocenters. The fourth-order valence-corrected chi connectivity index (χ4v) is 1.81. The number of benzene rings is 1. The summed E-state index contributed by atoms with van der Waals surface area (Å²) in [5.74, 6) is 0. The van der Waals surface area contributed by atoms with Gasteiger partial charge in [0.2, 0.25) is 0 Å². The van der Waals surface area contributed by atoms with Crippen LogP contribution in [0.3, 0.4) is 0 Å². The summed E-state index contributed by atoms with van der Waals surface area (Å²) in [6, 6.07) is 5.13. The second kappa shape index (κ2) is 6.16. The highest BCUT2D eigenvalue weighted by molar-refractivity contribution is 6.33. The van der Waals surface area contributed by atoms with Gasteiger partial charge in [-0.25, -0.2) is 0 Å². The van der Waals surface area contributed by atoms with Crippen molar-refractivity contribution in [3.63, 3.8) is 0 Å². The van der Waals surface area contributed by atoms with E-state index in [1.54, 1.807) is 18.2 Å². The van der Waals surface area contributed by atoms with E-state index in [-0.39, 0.29) is 0 Å². The lowest BCUT2D eigenvalue weighted by Gasteiger charge is -2.12. The Morgan fingerprint density at radius 1 is 1.40 bits per heavy atom. The number of hydrogen-bond acceptors (Lipinski definition) is 1. The van der Waals surface area contributed by atoms with E-state index in [0.29, 0.717) is 22.0 Å². The van der Waals surface area contributed by atoms with E-state index in [9.17, 15) is 5.11 Å². The lowest BCUT2D eigenvalue weighted by atomic mass is 10.0. The quantitative estimate of drug-likeness (QED) is 0.602. The first kappa shape index (κ1) is 12.6. The topological polar surface area (TPSA) is 20.2 Å². The zero-order chi connectivity index (χ0) is 11.3. The van der Waals surface area contributed by atoms with Gasteiger partial charge in [0.1, 0.15) is 0 Å². The molecule has 0 heterocycles. The minimum atomic E-state index is -0.545. The number of unbranched alkanes of at least 4 members (excludes halogenated alkanes) is 1. The van der Waals surface area contributed by atoms with Gasteiger partial charge in [0.05, 0.1) is 6.10 Å². The van der Waals surface area contributed by atoms with Gasteiger partial charge in [-0.1, -0.05) is 29.3 Å². The molecule has 0 fully saturated rings. The Bertz CT molecular complexity index is 336. The normalized spacial score (nSPS) is 12.5. The van der Waals surface area contributed by atoms with Gasteiger partial charge in [0, 0.05) is 15.6 Å². The van der Waals surface area contributed by atoms with Crippen molar-refractivity contribution in [1.29, 1.82) is 0 Å². The third kappa shape index (κ3) is 3.86. The van der Waals surface area contributed by atoms with Crippen molar-refractivity contribution in [2.24, 2.45) is 0 Å². The molecule has 0 saturated carbocycles. The van der Waals surface area contributed by atoms with Crippen molar-refractivity contribution in [2.45, 2.75) is 25.4 Å². The van der Waals surface area contributed by atoms with Crippen LogP contribution in [0.25, 0.3) is 0 Å². The molecule has 1 atom stereocenters. The predicted octanol–water partition coefficient (Wildman–Crippen LogP) is 4.38. The van der Waals surface area contributed by atoms with Crippen molar-refractivity contribution in [1.82, 2.24) is 0 Å². The van der Waals surface area contributed by atoms with Crippen LogP contribution in [0.2, 0.25) is 10.0 Å². The van der Waals surface area contributed by atoms with Gasteiger partial charge in [0.15, 0.2) is 0 Å². The Morgan fingerprint density at radius 3 is 2.80 bits per heavy atom. The van der Waals surface area contributed by atoms with Crippen LogP contribution in [0.5, 0.6) is 0 Å². The molecule has 1 N–H and O–H groups in total. The third-order valence-corrected chi connectivity index (χ3v) is 2.78. The first-order chi connectivity index (χ1) is 7.15. The number of aliphatic hydroxyl groups is 1. The molecular formula is C12H14Cl2O. The van der Waals surface area contributed by atoms with Crippen LogP contribution in [0, 0.1) is 0 Å². The predicted molar refractivity (Wildman–Crippen MR) is 65.5 cm³/mol. The van der Waals surface area contributed by atoms with Gasteiger partial charge in [-0.2, -0.15) is 0 Å². The molecule has 0 aliphatic heterocycles. The number of halogens is 2. The van der Waals surface area contributed by atoms with Gasteiger partial charge < -0.3 is 5.11 Å². The van der Waals surface area contributed by atoms with E-state index in [1.807, 2.05) is 6.08 Å². The monoisotopic (exact) mass is 244 g/mol. The Hall–Kier alpha value is -0.500. The molecule has 1 nitrogen and oxygen atoms in total. The van der Waals surface area contributed by atoms with Gasteiger partial charge in [-0.15, -0.1) is 6.58 Å². The summed E-state index contributed by atoms with van der Waals surface area (Å²) in [7, 11) is 0. The van der Waals surface area contributed by atoms with Crippen LogP contribution in [0.4, 0.5) is 0 Å². The number of allylic oxidation sites excluding steroid dienone is 1. The average Bonchev–Trinajstić information content (AvgIpc) is 2.22. The van der Waals surface area contributed by atoms with Crippen molar-refractivity contribution >= 4 is 23.2 Å². The summed E-state index contributed by atoms with van der Waals surface area (Å²) in [5.41, 5.74) is 0.702. The van der Waals surface area contributed by atoms with Gasteiger partial charge in [-0.05, 0) is 37.5 Å². The average molecular weight is 245 g/mol. The standard InChI is InChI=1S/C12H14Cl2O/c1-2-3-4-5-12(15)10-8-9(13)6-7-11(10)14/h2,6-8,12,15H,1,3-5H2. The fraction of sp³-hybridized carbons (Fsp3) is 0.333. The summed E-state index contributed by atoms with van der Waals surface area (Å²) in [6.07, 6.45) is 3.76. The largest absolute Gasteiger partial charge is 0.388 e. The highest BCUT2D eigenvalue weighted by atomic mass is 35.5. The molecule has 3 heteroatoms. The van der Waals surface area contributed by atoms with E-state index in [4.69, 9.17) is 23.2 Å². The highest BCUT2D eigenvalue weighted by Gasteiger charge is 2.11. The molecule has 0 radical (unpaired) electrons. The molecule has 0 aliphatic carbocycles. The lowest BCUT2D eigenvalue weighted by molar-refractivity contribution is 0.165. The molecule has 0 bridgehead atoms. The van der Waals surface area contributed by atoms with E-state index >= 15 is 0 Å². The van der Waals surface area contributed by atoms with E-state index in [1.165, 1.54) is 0 Å². The lowest BCUT2D eigenvalue weighted by Crippen LogP contribution is -1.98. The highest BCUT2D eigenvalue weighted by Crippen LogP contribution is 2.29. The molecule has 1 rings (SSSR count). The maximum absolute atomic E-state index is 9.88. The van der Waals surface area contributed by atoms with Crippen LogP contribution in [-0.4, -0.2) is 5.11 Å². The maximum Gasteiger partial charge on any atom is 0.0805 e. The fourth-order valence-electron chi connectivity index (χ4n) is 1.38. The van der Waals surface area contributed by atoms with Gasteiger partial charge >= 0.3 is 0 Å². The number of aliphatic hydroxyl groups excluding tert-OH is 1. The Labute approximate surface area is 100 Å². The zero-order valence-corrected chi connectivity index (χ0v) is 9.93. The zero-order valence-electron chi connectivity index (χ0n) is 8.42. The van der Waals surface area contributed by atoms with Crippen molar-refractivity contribution in [3.8, 4) is 0 Å². The molecule has 0 saturated heterocycles. The summed E-state index contributed by atoms with van der Waals surface area (Å²) in [4.78, 5) is 0. The van der Waals surface area contributed by atoms with Gasteiger partial charge in [0.25, 0.3) is 0 Å². The van der Waals surface area contributed by atoms with E-state index in [2.05, 4.69) is 6.58 Å². The molecule has 82 valence electrons. The van der Waals surface area contributed by atoms with Crippen LogP contribution in [-0.2, 0) is 0 Å². The first-order valence-electron chi connectivity index (χ1n) is 4.89. The maximum atomic E-state index is 9.88. The van der Waals surface area contributed by atoms with Gasteiger partial charge in [-0.3, -0.25) is 0 Å². The molecule has 1 aromatic carbocycles. The molecular weight excluding hydrogens is 231 g/mol. The number of rotatable bonds is 5. The minimum absolute atomic E-state index is 0.545. The second-order valence-corrected chi connectivity index (χ2v) is 4.24. The van der Waals surface area contributed by atoms with Crippen LogP contribution in [0.1, 0.15) is 30.9 Å². The third-order valence-electron chi connectivity index (χ3n) is 2.20. The number of hydrogen-bond donors (Lipinski definition) is 1. The van der Waals surface area contributed by atoms with Crippen LogP contribution < -0.4 is 0 Å². The van der Waals surface area contributed by atoms with Crippen molar-refractivity contribution in [2.75, 3.05) is 0 Å². The molecule has 0 spiro atoms. The SMILES string of the molecule is C=CCCCC(O)c1cc(Cl)ccc1Cl. The van der Waals surface area contributed by atoms with Crippen molar-refractivity contribution < 1.29 is 5.11 Å². The smallest absolute Gasteiger partial charge is 0.0805 e. The first-order valence-corrected chi connectivity index (χ1v) is 5.64. The second-order valence-electron chi connectivity index (χ2n) is 3.40. The molecule has 0 aliphatic rings. The summed E-state index contributed by atoms with van der Waals surface area (Å²) in [5, 5.41) is 11.0. The van der Waals surface area contributed by atoms with E-state index < -0.39 is 6.10 Å². The Kier molecular flexibility index (Phi) is 5.16. The minimum Gasteiger partial charge on any atom is -0.388 e. The summed E-state index contributed by atoms with van der Waals surface area (Å²) in [6.45, 7) is 3.63. The molecule has 0 aromatic heterocycles. The van der Waals surface area contributed by atoms with Crippen LogP contribution in [0.15, 0.2) is 30.9 Å². The molecule has 15 heavy (non-hydrogen) atoms. The van der Waals surface area contributed by atoms with Crippen molar-refractivity contribution in [3.05, 3.63) is 46.5 Å². The van der Waals surface area contributed by atoms with Crippen LogP contribution >= 0.6 is 23.2 Å². The Balaban J connectivity index is 2.67.